The zero-order chi connectivity index (χ0) is 14.6. The van der Waals surface area contributed by atoms with Crippen LogP contribution in [0.5, 0.6) is 0 Å². The third-order valence-electron chi connectivity index (χ3n) is 3.98. The van der Waals surface area contributed by atoms with Crippen LogP contribution < -0.4 is 0 Å². The maximum absolute atomic E-state index is 12.8. The molecule has 0 amide bonds. The Balaban J connectivity index is 2.30. The Bertz CT molecular complexity index is 536. The predicted molar refractivity (Wildman–Crippen MR) is 78.8 cm³/mol. The molecule has 112 valence electrons. The van der Waals surface area contributed by atoms with Crippen molar-refractivity contribution < 1.29 is 13.5 Å². The maximum atomic E-state index is 12.8. The summed E-state index contributed by atoms with van der Waals surface area (Å²) in [4.78, 5) is 0.288. The molecule has 1 saturated carbocycles. The largest absolute Gasteiger partial charge is 0.392 e. The second-order valence-electron chi connectivity index (χ2n) is 5.31. The number of hydrogen-bond donors (Lipinski definition) is 1. The minimum Gasteiger partial charge on any atom is -0.392 e. The van der Waals surface area contributed by atoms with Crippen LogP contribution in [0.1, 0.15) is 44.6 Å². The topological polar surface area (TPSA) is 57.6 Å². The highest BCUT2D eigenvalue weighted by atomic mass is 32.2. The molecule has 0 radical (unpaired) electrons. The summed E-state index contributed by atoms with van der Waals surface area (Å²) in [7, 11) is -3.46. The third kappa shape index (κ3) is 3.22. The fourth-order valence-electron chi connectivity index (χ4n) is 2.93. The van der Waals surface area contributed by atoms with Gasteiger partial charge in [-0.2, -0.15) is 4.31 Å². The van der Waals surface area contributed by atoms with E-state index >= 15 is 0 Å². The van der Waals surface area contributed by atoms with Crippen molar-refractivity contribution in [2.75, 3.05) is 6.54 Å². The van der Waals surface area contributed by atoms with Gasteiger partial charge in [0.25, 0.3) is 0 Å². The molecule has 1 aromatic rings. The summed E-state index contributed by atoms with van der Waals surface area (Å²) in [6.45, 7) is 2.25. The van der Waals surface area contributed by atoms with E-state index in [0.29, 0.717) is 12.1 Å². The van der Waals surface area contributed by atoms with E-state index in [4.69, 9.17) is 5.11 Å². The van der Waals surface area contributed by atoms with Gasteiger partial charge >= 0.3 is 0 Å². The average Bonchev–Trinajstić information content (AvgIpc) is 2.49. The van der Waals surface area contributed by atoms with Crippen LogP contribution in [0.3, 0.4) is 0 Å². The van der Waals surface area contributed by atoms with E-state index in [1.165, 1.54) is 6.42 Å². The number of benzene rings is 1. The lowest BCUT2D eigenvalue weighted by Crippen LogP contribution is -2.41. The summed E-state index contributed by atoms with van der Waals surface area (Å²) in [6.07, 6.45) is 5.31. The first-order chi connectivity index (χ1) is 9.59. The van der Waals surface area contributed by atoms with Gasteiger partial charge in [-0.05, 0) is 30.5 Å². The van der Waals surface area contributed by atoms with Gasteiger partial charge in [-0.25, -0.2) is 8.42 Å². The van der Waals surface area contributed by atoms with E-state index in [1.54, 1.807) is 28.6 Å². The van der Waals surface area contributed by atoms with Crippen LogP contribution >= 0.6 is 0 Å². The molecule has 1 fully saturated rings. The monoisotopic (exact) mass is 297 g/mol. The Labute approximate surface area is 121 Å². The Hall–Kier alpha value is -0.910. The van der Waals surface area contributed by atoms with Gasteiger partial charge in [0, 0.05) is 12.6 Å². The van der Waals surface area contributed by atoms with Gasteiger partial charge in [0.05, 0.1) is 11.5 Å². The summed E-state index contributed by atoms with van der Waals surface area (Å²) in [5.74, 6) is 0. The van der Waals surface area contributed by atoms with Gasteiger partial charge in [0.1, 0.15) is 0 Å². The fourth-order valence-corrected chi connectivity index (χ4v) is 4.70. The van der Waals surface area contributed by atoms with Crippen LogP contribution in [0.15, 0.2) is 29.2 Å². The molecule has 0 aromatic heterocycles. The van der Waals surface area contributed by atoms with Gasteiger partial charge in [-0.15, -0.1) is 0 Å². The zero-order valence-electron chi connectivity index (χ0n) is 12.0. The zero-order valence-corrected chi connectivity index (χ0v) is 12.8. The Kier molecular flexibility index (Phi) is 5.18. The van der Waals surface area contributed by atoms with E-state index < -0.39 is 10.0 Å². The highest BCUT2D eigenvalue weighted by molar-refractivity contribution is 7.89. The normalized spacial score (nSPS) is 17.6. The molecule has 0 atom stereocenters. The van der Waals surface area contributed by atoms with Crippen LogP contribution in [-0.2, 0) is 16.6 Å². The number of sulfonamides is 1. The molecule has 0 spiro atoms. The minimum absolute atomic E-state index is 0.122. The maximum Gasteiger partial charge on any atom is 0.243 e. The highest BCUT2D eigenvalue weighted by Gasteiger charge is 2.31. The van der Waals surface area contributed by atoms with E-state index in [2.05, 4.69) is 0 Å². The number of hydrogen-bond acceptors (Lipinski definition) is 3. The van der Waals surface area contributed by atoms with Crippen LogP contribution in [0.25, 0.3) is 0 Å². The molecule has 1 aliphatic carbocycles. The predicted octanol–water partition coefficient (Wildman–Crippen LogP) is 2.52. The minimum atomic E-state index is -3.46. The van der Waals surface area contributed by atoms with Crippen molar-refractivity contribution in [2.24, 2.45) is 0 Å². The van der Waals surface area contributed by atoms with E-state index in [1.807, 2.05) is 6.92 Å². The van der Waals surface area contributed by atoms with Gasteiger partial charge in [-0.1, -0.05) is 38.3 Å². The first kappa shape index (κ1) is 15.5. The fraction of sp³-hybridized carbons (Fsp3) is 0.600. The Morgan fingerprint density at radius 2 is 1.95 bits per heavy atom. The molecule has 20 heavy (non-hydrogen) atoms. The van der Waals surface area contributed by atoms with Crippen molar-refractivity contribution in [1.29, 1.82) is 0 Å². The molecule has 0 aliphatic heterocycles. The standard InChI is InChI=1S/C15H23NO3S/c1-2-16(14-8-4-3-5-9-14)20(18,19)15-10-6-7-13(11-15)12-17/h6-7,10-11,14,17H,2-5,8-9,12H2,1H3. The van der Waals surface area contributed by atoms with E-state index in [0.717, 1.165) is 25.7 Å². The lowest BCUT2D eigenvalue weighted by atomic mass is 9.95. The van der Waals surface area contributed by atoms with Crippen molar-refractivity contribution >= 4 is 10.0 Å². The molecular formula is C15H23NO3S. The molecule has 0 bridgehead atoms. The number of nitrogens with zero attached hydrogens (tertiary/aromatic N) is 1. The molecule has 2 rings (SSSR count). The van der Waals surface area contributed by atoms with E-state index in [9.17, 15) is 8.42 Å². The molecule has 5 heteroatoms. The molecular weight excluding hydrogens is 274 g/mol. The first-order valence-electron chi connectivity index (χ1n) is 7.31. The summed E-state index contributed by atoms with van der Waals surface area (Å²) in [6, 6.07) is 6.72. The van der Waals surface area contributed by atoms with Crippen molar-refractivity contribution in [3.63, 3.8) is 0 Å². The van der Waals surface area contributed by atoms with Gasteiger partial charge in [0.2, 0.25) is 10.0 Å². The summed E-state index contributed by atoms with van der Waals surface area (Å²) in [5.41, 5.74) is 0.630. The number of aliphatic hydroxyl groups excluding tert-OH is 1. The second-order valence-corrected chi connectivity index (χ2v) is 7.20. The smallest absolute Gasteiger partial charge is 0.243 e. The van der Waals surface area contributed by atoms with Crippen LogP contribution in [-0.4, -0.2) is 30.4 Å². The van der Waals surface area contributed by atoms with Gasteiger partial charge in [-0.3, -0.25) is 0 Å². The molecule has 4 nitrogen and oxygen atoms in total. The Morgan fingerprint density at radius 3 is 2.55 bits per heavy atom. The molecule has 1 aliphatic rings. The van der Waals surface area contributed by atoms with Crippen LogP contribution in [0.4, 0.5) is 0 Å². The van der Waals surface area contributed by atoms with Crippen molar-refractivity contribution in [3.05, 3.63) is 29.8 Å². The van der Waals surface area contributed by atoms with Gasteiger partial charge < -0.3 is 5.11 Å². The SMILES string of the molecule is CCN(C1CCCCC1)S(=O)(=O)c1cccc(CO)c1. The Morgan fingerprint density at radius 1 is 1.25 bits per heavy atom. The van der Waals surface area contributed by atoms with Gasteiger partial charge in [0.15, 0.2) is 0 Å². The van der Waals surface area contributed by atoms with Crippen LogP contribution in [0, 0.1) is 0 Å². The molecule has 0 unspecified atom stereocenters. The van der Waals surface area contributed by atoms with Crippen molar-refractivity contribution in [3.8, 4) is 0 Å². The molecule has 1 aromatic carbocycles. The summed E-state index contributed by atoms with van der Waals surface area (Å²) in [5, 5.41) is 9.16. The molecule has 0 saturated heterocycles. The van der Waals surface area contributed by atoms with Crippen molar-refractivity contribution in [1.82, 2.24) is 4.31 Å². The lowest BCUT2D eigenvalue weighted by Gasteiger charge is -2.32. The summed E-state index contributed by atoms with van der Waals surface area (Å²) >= 11 is 0. The molecule has 1 N–H and O–H groups in total. The average molecular weight is 297 g/mol. The number of rotatable bonds is 5. The van der Waals surface area contributed by atoms with Crippen LogP contribution in [0.2, 0.25) is 0 Å². The van der Waals surface area contributed by atoms with Crippen molar-refractivity contribution in [2.45, 2.75) is 56.6 Å². The molecule has 0 heterocycles. The number of aliphatic hydroxyl groups is 1. The highest BCUT2D eigenvalue weighted by Crippen LogP contribution is 2.27. The third-order valence-corrected chi connectivity index (χ3v) is 6.00. The summed E-state index contributed by atoms with van der Waals surface area (Å²) < 4.78 is 27.2. The first-order valence-corrected chi connectivity index (χ1v) is 8.75. The quantitative estimate of drug-likeness (QED) is 0.908. The van der Waals surface area contributed by atoms with E-state index in [-0.39, 0.29) is 17.5 Å². The lowest BCUT2D eigenvalue weighted by molar-refractivity contribution is 0.261. The second kappa shape index (κ2) is 6.70.